The van der Waals surface area contributed by atoms with Gasteiger partial charge in [0.1, 0.15) is 17.0 Å². The van der Waals surface area contributed by atoms with Gasteiger partial charge in [0, 0.05) is 25.7 Å². The van der Waals surface area contributed by atoms with Gasteiger partial charge in [-0.25, -0.2) is 26.9 Å². The molecule has 0 aliphatic heterocycles. The number of rotatable bonds is 6. The number of carbonyl (C=O) groups excluding carboxylic acids is 1. The van der Waals surface area contributed by atoms with Gasteiger partial charge in [-0.15, -0.1) is 0 Å². The zero-order valence-corrected chi connectivity index (χ0v) is 22.5. The average molecular weight is 570 g/mol. The molecule has 0 aliphatic carbocycles. The van der Waals surface area contributed by atoms with Crippen LogP contribution in [0.5, 0.6) is 0 Å². The van der Waals surface area contributed by atoms with Gasteiger partial charge in [-0.05, 0) is 43.3 Å². The summed E-state index contributed by atoms with van der Waals surface area (Å²) in [7, 11) is -1.33. The second kappa shape index (κ2) is 9.75. The van der Waals surface area contributed by atoms with Gasteiger partial charge in [-0.2, -0.15) is 0 Å². The third kappa shape index (κ3) is 4.59. The molecular formula is C26H21F2N5O4S2. The number of nitrogens with zero attached hydrogens (tertiary/aromatic N) is 4. The molecule has 0 radical (unpaired) electrons. The van der Waals surface area contributed by atoms with Gasteiger partial charge >= 0.3 is 0 Å². The molecule has 3 aromatic carbocycles. The van der Waals surface area contributed by atoms with E-state index in [4.69, 9.17) is 0 Å². The second-order valence-electron chi connectivity index (χ2n) is 8.62. The van der Waals surface area contributed by atoms with E-state index in [0.29, 0.717) is 17.4 Å². The van der Waals surface area contributed by atoms with Crippen LogP contribution in [0.3, 0.4) is 0 Å². The number of halogens is 2. The lowest BCUT2D eigenvalue weighted by Gasteiger charge is -2.18. The molecule has 0 aliphatic rings. The molecule has 0 atom stereocenters. The fraction of sp³-hybridized carbons (Fsp3) is 0.115. The molecule has 2 heterocycles. The lowest BCUT2D eigenvalue weighted by Crippen LogP contribution is -2.32. The maximum absolute atomic E-state index is 14.0. The van der Waals surface area contributed by atoms with Crippen LogP contribution in [0.1, 0.15) is 16.1 Å². The number of hydrogen-bond donors (Lipinski definition) is 1. The van der Waals surface area contributed by atoms with Crippen LogP contribution in [0.25, 0.3) is 15.9 Å². The molecule has 39 heavy (non-hydrogen) atoms. The minimum Gasteiger partial charge on any atom is -0.298 e. The molecule has 0 saturated heterocycles. The highest BCUT2D eigenvalue weighted by Crippen LogP contribution is 2.29. The van der Waals surface area contributed by atoms with E-state index < -0.39 is 33.1 Å². The van der Waals surface area contributed by atoms with Gasteiger partial charge < -0.3 is 0 Å². The zero-order chi connectivity index (χ0) is 28.1. The smallest absolute Gasteiger partial charge is 0.296 e. The molecule has 2 aromatic heterocycles. The number of para-hydroxylation sites is 1. The molecule has 13 heteroatoms. The maximum atomic E-state index is 14.0. The van der Waals surface area contributed by atoms with Crippen molar-refractivity contribution in [3.63, 3.8) is 0 Å². The van der Waals surface area contributed by atoms with Crippen molar-refractivity contribution in [2.75, 3.05) is 16.7 Å². The number of aromatic nitrogens is 3. The van der Waals surface area contributed by atoms with Crippen LogP contribution in [0.4, 0.5) is 19.6 Å². The monoisotopic (exact) mass is 569 g/mol. The summed E-state index contributed by atoms with van der Waals surface area (Å²) < 4.78 is 58.7. The topological polar surface area (TPSA) is 106 Å². The normalized spacial score (nSPS) is 11.6. The van der Waals surface area contributed by atoms with Crippen LogP contribution in [-0.4, -0.2) is 35.7 Å². The lowest BCUT2D eigenvalue weighted by atomic mass is 10.2. The first kappa shape index (κ1) is 26.3. The average Bonchev–Trinajstić information content (AvgIpc) is 3.41. The molecule has 1 N–H and O–H groups in total. The Balaban J connectivity index is 1.46. The minimum absolute atomic E-state index is 0.0122. The van der Waals surface area contributed by atoms with E-state index in [1.807, 2.05) is 0 Å². The number of carbonyl (C=O) groups is 1. The molecular weight excluding hydrogens is 548 g/mol. The number of hydrogen-bond acceptors (Lipinski definition) is 6. The van der Waals surface area contributed by atoms with Gasteiger partial charge in [-0.1, -0.05) is 35.6 Å². The molecule has 5 aromatic rings. The predicted octanol–water partition coefficient (Wildman–Crippen LogP) is 4.45. The Hall–Kier alpha value is -4.36. The van der Waals surface area contributed by atoms with Gasteiger partial charge in [-0.3, -0.25) is 23.9 Å². The highest BCUT2D eigenvalue weighted by Gasteiger charge is 2.29. The van der Waals surface area contributed by atoms with Crippen molar-refractivity contribution in [1.29, 1.82) is 0 Å². The highest BCUT2D eigenvalue weighted by molar-refractivity contribution is 7.92. The van der Waals surface area contributed by atoms with E-state index in [2.05, 4.69) is 10.3 Å². The first-order valence-electron chi connectivity index (χ1n) is 11.5. The van der Waals surface area contributed by atoms with E-state index >= 15 is 0 Å². The molecule has 5 rings (SSSR count). The van der Waals surface area contributed by atoms with Crippen molar-refractivity contribution in [2.45, 2.75) is 11.8 Å². The van der Waals surface area contributed by atoms with E-state index in [9.17, 15) is 26.8 Å². The number of thiazole rings is 1. The molecule has 0 saturated carbocycles. The van der Waals surface area contributed by atoms with Gasteiger partial charge in [0.25, 0.3) is 21.5 Å². The predicted molar refractivity (Wildman–Crippen MR) is 145 cm³/mol. The summed E-state index contributed by atoms with van der Waals surface area (Å²) in [6.45, 7) is 1.64. The zero-order valence-electron chi connectivity index (χ0n) is 20.8. The molecule has 0 bridgehead atoms. The Morgan fingerprint density at radius 1 is 1.05 bits per heavy atom. The fourth-order valence-corrected chi connectivity index (χ4v) is 6.37. The third-order valence-corrected chi connectivity index (χ3v) is 8.90. The first-order valence-corrected chi connectivity index (χ1v) is 13.7. The minimum atomic E-state index is -4.26. The maximum Gasteiger partial charge on any atom is 0.296 e. The Labute approximate surface area is 225 Å². The molecule has 9 nitrogen and oxygen atoms in total. The van der Waals surface area contributed by atoms with Crippen LogP contribution in [-0.2, 0) is 17.1 Å². The van der Waals surface area contributed by atoms with Crippen LogP contribution in [0, 0.1) is 18.6 Å². The summed E-state index contributed by atoms with van der Waals surface area (Å²) in [5, 5.41) is 2.52. The highest BCUT2D eigenvalue weighted by atomic mass is 32.2. The van der Waals surface area contributed by atoms with Crippen molar-refractivity contribution >= 4 is 48.3 Å². The Bertz CT molecular complexity index is 1910. The number of fused-ring (bicyclic) bond motifs is 1. The molecule has 200 valence electrons. The second-order valence-corrected chi connectivity index (χ2v) is 11.6. The number of amides is 1. The number of anilines is 2. The van der Waals surface area contributed by atoms with Crippen molar-refractivity contribution in [1.82, 2.24) is 14.3 Å². The Morgan fingerprint density at radius 3 is 2.49 bits per heavy atom. The van der Waals surface area contributed by atoms with Crippen LogP contribution in [0.15, 0.2) is 76.4 Å². The fourth-order valence-electron chi connectivity index (χ4n) is 4.17. The summed E-state index contributed by atoms with van der Waals surface area (Å²) in [5.41, 5.74) is 0.321. The van der Waals surface area contributed by atoms with Crippen molar-refractivity contribution < 1.29 is 22.0 Å². The first-order chi connectivity index (χ1) is 18.5. The van der Waals surface area contributed by atoms with Gasteiger partial charge in [0.05, 0.1) is 21.0 Å². The standard InChI is InChI=1S/C26H21F2N5O4S2/c1-15-23(25(35)33(31(15)2)18-9-5-4-6-10-18)32(3)39(36,37)19-11-7-8-16(12-19)24(34)30-26-29-22-20(28)13-17(27)14-21(22)38-26/h4-14H,1-3H3,(H,29,30,34). The van der Waals surface area contributed by atoms with Crippen molar-refractivity contribution in [2.24, 2.45) is 7.05 Å². The largest absolute Gasteiger partial charge is 0.298 e. The summed E-state index contributed by atoms with van der Waals surface area (Å²) in [6, 6.07) is 15.9. The SMILES string of the molecule is Cc1c(N(C)S(=O)(=O)c2cccc(C(=O)Nc3nc4c(F)cc(F)cc4s3)c2)c(=O)n(-c2ccccc2)n1C. The van der Waals surface area contributed by atoms with E-state index in [1.165, 1.54) is 36.0 Å². The number of benzene rings is 3. The molecule has 0 unspecified atom stereocenters. The van der Waals surface area contributed by atoms with Crippen LogP contribution >= 0.6 is 11.3 Å². The van der Waals surface area contributed by atoms with Crippen molar-refractivity contribution in [3.05, 3.63) is 100.0 Å². The summed E-state index contributed by atoms with van der Waals surface area (Å²) in [5.74, 6) is -2.33. The van der Waals surface area contributed by atoms with Crippen LogP contribution in [0.2, 0.25) is 0 Å². The summed E-state index contributed by atoms with van der Waals surface area (Å²) in [6.07, 6.45) is 0. The van der Waals surface area contributed by atoms with E-state index in [0.717, 1.165) is 21.7 Å². The molecule has 0 fully saturated rings. The van der Waals surface area contributed by atoms with Crippen LogP contribution < -0.4 is 15.2 Å². The number of sulfonamides is 1. The summed E-state index contributed by atoms with van der Waals surface area (Å²) >= 11 is 0.877. The van der Waals surface area contributed by atoms with E-state index in [1.54, 1.807) is 49.0 Å². The number of nitrogens with one attached hydrogen (secondary N) is 1. The van der Waals surface area contributed by atoms with Crippen molar-refractivity contribution in [3.8, 4) is 5.69 Å². The quantitative estimate of drug-likeness (QED) is 0.325. The van der Waals surface area contributed by atoms with Gasteiger partial charge in [0.15, 0.2) is 10.9 Å². The van der Waals surface area contributed by atoms with E-state index in [-0.39, 0.29) is 31.5 Å². The Morgan fingerprint density at radius 2 is 1.77 bits per heavy atom. The summed E-state index contributed by atoms with van der Waals surface area (Å²) in [4.78, 5) is 30.0. The molecule has 1 amide bonds. The Kier molecular flexibility index (Phi) is 6.56. The lowest BCUT2D eigenvalue weighted by molar-refractivity contribution is 0.102. The van der Waals surface area contributed by atoms with Gasteiger partial charge in [0.2, 0.25) is 0 Å². The third-order valence-electron chi connectivity index (χ3n) is 6.23. The molecule has 0 spiro atoms.